The quantitative estimate of drug-likeness (QED) is 0.229. The van der Waals surface area contributed by atoms with Gasteiger partial charge in [0.1, 0.15) is 0 Å². The van der Waals surface area contributed by atoms with Gasteiger partial charge in [0, 0.05) is 5.54 Å². The summed E-state index contributed by atoms with van der Waals surface area (Å²) in [6.45, 7) is 14.6. The van der Waals surface area contributed by atoms with Crippen LogP contribution in [0.15, 0.2) is 0 Å². The Morgan fingerprint density at radius 2 is 0.875 bits per heavy atom. The summed E-state index contributed by atoms with van der Waals surface area (Å²) >= 11 is 0. The molecule has 1 nitrogen and oxygen atoms in total. The number of hydrogen-bond acceptors (Lipinski definition) is 1. The van der Waals surface area contributed by atoms with Crippen molar-refractivity contribution in [3.8, 4) is 0 Å². The summed E-state index contributed by atoms with van der Waals surface area (Å²) in [5.41, 5.74) is 0.392. The van der Waals surface area contributed by atoms with E-state index in [9.17, 15) is 0 Å². The standard InChI is InChI=1S/C23H49N/c1-6-9-12-15-18-21-24(22-19-16-13-10-7-2)23(4,5)20-17-14-11-8-3/h6-22H2,1-5H3. The van der Waals surface area contributed by atoms with Gasteiger partial charge in [-0.2, -0.15) is 0 Å². The molecule has 0 atom stereocenters. The fraction of sp³-hybridized carbons (Fsp3) is 1.00. The largest absolute Gasteiger partial charge is 0.298 e. The summed E-state index contributed by atoms with van der Waals surface area (Å²) in [5.74, 6) is 0. The van der Waals surface area contributed by atoms with Gasteiger partial charge in [-0.05, 0) is 46.2 Å². The molecule has 0 saturated heterocycles. The van der Waals surface area contributed by atoms with Gasteiger partial charge in [-0.15, -0.1) is 0 Å². The highest BCUT2D eigenvalue weighted by molar-refractivity contribution is 4.81. The third-order valence-corrected chi connectivity index (χ3v) is 5.56. The van der Waals surface area contributed by atoms with Gasteiger partial charge < -0.3 is 0 Å². The molecule has 0 aliphatic heterocycles. The van der Waals surface area contributed by atoms with Crippen LogP contribution < -0.4 is 0 Å². The van der Waals surface area contributed by atoms with Crippen molar-refractivity contribution in [1.82, 2.24) is 4.90 Å². The van der Waals surface area contributed by atoms with Crippen LogP contribution in [-0.2, 0) is 0 Å². The van der Waals surface area contributed by atoms with E-state index in [4.69, 9.17) is 0 Å². The molecule has 0 radical (unpaired) electrons. The van der Waals surface area contributed by atoms with Crippen LogP contribution in [0.5, 0.6) is 0 Å². The molecule has 0 aliphatic carbocycles. The summed E-state index contributed by atoms with van der Waals surface area (Å²) in [7, 11) is 0. The Bertz CT molecular complexity index is 232. The molecule has 0 saturated carbocycles. The van der Waals surface area contributed by atoms with Crippen LogP contribution in [0, 0.1) is 0 Å². The van der Waals surface area contributed by atoms with Crippen molar-refractivity contribution in [2.45, 2.75) is 136 Å². The molecule has 0 spiro atoms. The predicted molar refractivity (Wildman–Crippen MR) is 112 cm³/mol. The fourth-order valence-electron chi connectivity index (χ4n) is 3.67. The monoisotopic (exact) mass is 339 g/mol. The molecule has 146 valence electrons. The minimum absolute atomic E-state index is 0.392. The lowest BCUT2D eigenvalue weighted by molar-refractivity contribution is 0.102. The maximum Gasteiger partial charge on any atom is 0.0153 e. The molecule has 0 fully saturated rings. The van der Waals surface area contributed by atoms with Crippen LogP contribution in [0.4, 0.5) is 0 Å². The van der Waals surface area contributed by atoms with Crippen molar-refractivity contribution in [1.29, 1.82) is 0 Å². The second-order valence-corrected chi connectivity index (χ2v) is 8.44. The van der Waals surface area contributed by atoms with Gasteiger partial charge in [0.25, 0.3) is 0 Å². The molecule has 0 N–H and O–H groups in total. The van der Waals surface area contributed by atoms with Gasteiger partial charge in [0.05, 0.1) is 0 Å². The number of rotatable bonds is 18. The molecule has 0 heterocycles. The topological polar surface area (TPSA) is 3.24 Å². The summed E-state index contributed by atoms with van der Waals surface area (Å²) in [5, 5.41) is 0. The zero-order valence-corrected chi connectivity index (χ0v) is 18.0. The molecule has 0 amide bonds. The van der Waals surface area contributed by atoms with E-state index in [0.717, 1.165) is 0 Å². The highest BCUT2D eigenvalue weighted by Crippen LogP contribution is 2.24. The average Bonchev–Trinajstić information content (AvgIpc) is 2.56. The van der Waals surface area contributed by atoms with E-state index in [0.29, 0.717) is 5.54 Å². The van der Waals surface area contributed by atoms with Crippen molar-refractivity contribution in [2.75, 3.05) is 13.1 Å². The van der Waals surface area contributed by atoms with Gasteiger partial charge in [0.2, 0.25) is 0 Å². The maximum absolute atomic E-state index is 2.83. The Morgan fingerprint density at radius 3 is 1.29 bits per heavy atom. The van der Waals surface area contributed by atoms with E-state index in [-0.39, 0.29) is 0 Å². The molecule has 0 aromatic rings. The van der Waals surface area contributed by atoms with E-state index in [1.54, 1.807) is 0 Å². The van der Waals surface area contributed by atoms with Crippen LogP contribution >= 0.6 is 0 Å². The number of unbranched alkanes of at least 4 members (excludes halogenated alkanes) is 11. The smallest absolute Gasteiger partial charge is 0.0153 e. The molecular formula is C23H49N. The number of hydrogen-bond donors (Lipinski definition) is 0. The molecular weight excluding hydrogens is 290 g/mol. The molecule has 0 unspecified atom stereocenters. The first-order valence-electron chi connectivity index (χ1n) is 11.3. The van der Waals surface area contributed by atoms with Crippen LogP contribution in [0.25, 0.3) is 0 Å². The van der Waals surface area contributed by atoms with Crippen LogP contribution in [0.3, 0.4) is 0 Å². The van der Waals surface area contributed by atoms with Gasteiger partial charge in [-0.3, -0.25) is 4.90 Å². The highest BCUT2D eigenvalue weighted by atomic mass is 15.2. The summed E-state index contributed by atoms with van der Waals surface area (Å²) < 4.78 is 0. The summed E-state index contributed by atoms with van der Waals surface area (Å²) in [6, 6.07) is 0. The third kappa shape index (κ3) is 13.3. The zero-order valence-electron chi connectivity index (χ0n) is 18.0. The van der Waals surface area contributed by atoms with Crippen molar-refractivity contribution in [2.24, 2.45) is 0 Å². The van der Waals surface area contributed by atoms with Crippen LogP contribution in [0.1, 0.15) is 131 Å². The predicted octanol–water partition coefficient (Wildman–Crippen LogP) is 7.98. The van der Waals surface area contributed by atoms with Crippen molar-refractivity contribution < 1.29 is 0 Å². The van der Waals surface area contributed by atoms with E-state index < -0.39 is 0 Å². The summed E-state index contributed by atoms with van der Waals surface area (Å²) in [6.07, 6.45) is 21.0. The van der Waals surface area contributed by atoms with Crippen LogP contribution in [-0.4, -0.2) is 23.5 Å². The highest BCUT2D eigenvalue weighted by Gasteiger charge is 2.25. The molecule has 0 aromatic heterocycles. The Labute approximate surface area is 155 Å². The third-order valence-electron chi connectivity index (χ3n) is 5.56. The first-order valence-corrected chi connectivity index (χ1v) is 11.3. The van der Waals surface area contributed by atoms with E-state index in [2.05, 4.69) is 39.5 Å². The fourth-order valence-corrected chi connectivity index (χ4v) is 3.67. The summed E-state index contributed by atoms with van der Waals surface area (Å²) in [4.78, 5) is 2.83. The molecule has 0 aromatic carbocycles. The maximum atomic E-state index is 2.83. The lowest BCUT2D eigenvalue weighted by Crippen LogP contribution is -2.45. The molecule has 24 heavy (non-hydrogen) atoms. The Kier molecular flexibility index (Phi) is 16.4. The van der Waals surface area contributed by atoms with Crippen molar-refractivity contribution in [3.05, 3.63) is 0 Å². The Hall–Kier alpha value is -0.0400. The van der Waals surface area contributed by atoms with Crippen molar-refractivity contribution >= 4 is 0 Å². The Morgan fingerprint density at radius 1 is 0.500 bits per heavy atom. The van der Waals surface area contributed by atoms with E-state index in [1.165, 1.54) is 109 Å². The molecule has 0 bridgehead atoms. The minimum Gasteiger partial charge on any atom is -0.298 e. The lowest BCUT2D eigenvalue weighted by Gasteiger charge is -2.39. The average molecular weight is 340 g/mol. The Balaban J connectivity index is 4.24. The molecule has 0 aliphatic rings. The van der Waals surface area contributed by atoms with E-state index in [1.807, 2.05) is 0 Å². The second kappa shape index (κ2) is 16.4. The SMILES string of the molecule is CCCCCCCN(CCCCCCC)C(C)(C)CCCCCC. The molecule has 0 rings (SSSR count). The van der Waals surface area contributed by atoms with Crippen molar-refractivity contribution in [3.63, 3.8) is 0 Å². The molecule has 1 heteroatoms. The second-order valence-electron chi connectivity index (χ2n) is 8.44. The lowest BCUT2D eigenvalue weighted by atomic mass is 9.93. The minimum atomic E-state index is 0.392. The van der Waals surface area contributed by atoms with E-state index >= 15 is 0 Å². The van der Waals surface area contributed by atoms with Gasteiger partial charge in [-0.25, -0.2) is 0 Å². The first kappa shape index (κ1) is 24.0. The zero-order chi connectivity index (χ0) is 18.1. The van der Waals surface area contributed by atoms with Gasteiger partial charge in [0.15, 0.2) is 0 Å². The number of nitrogens with zero attached hydrogens (tertiary/aromatic N) is 1. The normalized spacial score (nSPS) is 12.2. The van der Waals surface area contributed by atoms with Crippen LogP contribution in [0.2, 0.25) is 0 Å². The first-order chi connectivity index (χ1) is 11.6. The van der Waals surface area contributed by atoms with Gasteiger partial charge in [-0.1, -0.05) is 97.8 Å². The van der Waals surface area contributed by atoms with Gasteiger partial charge >= 0.3 is 0 Å².